The van der Waals surface area contributed by atoms with Crippen molar-refractivity contribution < 1.29 is 9.53 Å². The molecular formula is C17H16ClN3O2. The molecule has 6 heteroatoms. The lowest BCUT2D eigenvalue weighted by Crippen LogP contribution is -2.27. The van der Waals surface area contributed by atoms with Crippen molar-refractivity contribution in [1.29, 1.82) is 0 Å². The summed E-state index contributed by atoms with van der Waals surface area (Å²) in [6, 6.07) is 13.3. The van der Waals surface area contributed by atoms with Crippen LogP contribution < -0.4 is 5.32 Å². The number of fused-ring (bicyclic) bond motifs is 1. The van der Waals surface area contributed by atoms with Gasteiger partial charge in [0.25, 0.3) is 0 Å². The van der Waals surface area contributed by atoms with Gasteiger partial charge >= 0.3 is 0 Å². The highest BCUT2D eigenvalue weighted by atomic mass is 35.5. The highest BCUT2D eigenvalue weighted by Gasteiger charge is 2.05. The van der Waals surface area contributed by atoms with Gasteiger partial charge in [0.15, 0.2) is 0 Å². The summed E-state index contributed by atoms with van der Waals surface area (Å²) in [7, 11) is 0. The molecule has 3 aromatic rings. The number of nitrogens with one attached hydrogen (secondary N) is 1. The number of halogens is 1. The summed E-state index contributed by atoms with van der Waals surface area (Å²) in [6.45, 7) is 0.794. The van der Waals surface area contributed by atoms with Crippen LogP contribution in [-0.2, 0) is 22.7 Å². The number of pyridine rings is 1. The molecule has 1 amide bonds. The number of amides is 1. The van der Waals surface area contributed by atoms with Crippen molar-refractivity contribution in [2.45, 2.75) is 13.2 Å². The summed E-state index contributed by atoms with van der Waals surface area (Å²) < 4.78 is 7.22. The first-order chi connectivity index (χ1) is 11.2. The van der Waals surface area contributed by atoms with Gasteiger partial charge in [-0.15, -0.1) is 0 Å². The Morgan fingerprint density at radius 3 is 2.83 bits per heavy atom. The number of carbonyl (C=O) groups excluding carboxylic acids is 1. The Labute approximate surface area is 138 Å². The van der Waals surface area contributed by atoms with Crippen LogP contribution in [0.2, 0.25) is 5.02 Å². The lowest BCUT2D eigenvalue weighted by molar-refractivity contribution is -0.126. The third kappa shape index (κ3) is 4.31. The number of ether oxygens (including phenoxy) is 1. The van der Waals surface area contributed by atoms with Crippen LogP contribution in [-0.4, -0.2) is 21.9 Å². The van der Waals surface area contributed by atoms with E-state index in [1.54, 1.807) is 12.3 Å². The van der Waals surface area contributed by atoms with E-state index < -0.39 is 0 Å². The molecule has 3 rings (SSSR count). The highest BCUT2D eigenvalue weighted by Crippen LogP contribution is 2.11. The molecule has 0 aliphatic rings. The summed E-state index contributed by atoms with van der Waals surface area (Å²) in [5.74, 6) is -0.170. The standard InChI is InChI=1S/C17H16ClN3O2/c18-14-6-7-16-20-15(10-21(16)9-14)8-19-17(22)12-23-11-13-4-2-1-3-5-13/h1-7,9-10H,8,11-12H2,(H,19,22). The molecule has 0 atom stereocenters. The quantitative estimate of drug-likeness (QED) is 0.756. The van der Waals surface area contributed by atoms with Crippen molar-refractivity contribution in [1.82, 2.24) is 14.7 Å². The third-order valence-corrected chi connectivity index (χ3v) is 3.50. The fourth-order valence-electron chi connectivity index (χ4n) is 2.18. The smallest absolute Gasteiger partial charge is 0.246 e. The van der Waals surface area contributed by atoms with Gasteiger partial charge in [-0.25, -0.2) is 4.98 Å². The molecule has 118 valence electrons. The summed E-state index contributed by atoms with van der Waals surface area (Å²) in [4.78, 5) is 16.2. The average molecular weight is 330 g/mol. The fraction of sp³-hybridized carbons (Fsp3) is 0.176. The zero-order valence-corrected chi connectivity index (χ0v) is 13.2. The molecular weight excluding hydrogens is 314 g/mol. The predicted octanol–water partition coefficient (Wildman–Crippen LogP) is 2.82. The number of aromatic nitrogens is 2. The Morgan fingerprint density at radius 1 is 1.17 bits per heavy atom. The van der Waals surface area contributed by atoms with Crippen LogP contribution in [0, 0.1) is 0 Å². The molecule has 5 nitrogen and oxygen atoms in total. The SMILES string of the molecule is O=C(COCc1ccccc1)NCc1cn2cc(Cl)ccc2n1. The van der Waals surface area contributed by atoms with E-state index in [9.17, 15) is 4.79 Å². The molecule has 23 heavy (non-hydrogen) atoms. The molecule has 0 aliphatic heterocycles. The third-order valence-electron chi connectivity index (χ3n) is 3.28. The minimum absolute atomic E-state index is 0.0219. The molecule has 0 bridgehead atoms. The van der Waals surface area contributed by atoms with Crippen LogP contribution in [0.5, 0.6) is 0 Å². The van der Waals surface area contributed by atoms with E-state index in [1.165, 1.54) is 0 Å². The number of rotatable bonds is 6. The monoisotopic (exact) mass is 329 g/mol. The second-order valence-electron chi connectivity index (χ2n) is 5.10. The zero-order chi connectivity index (χ0) is 16.1. The second kappa shape index (κ2) is 7.26. The summed E-state index contributed by atoms with van der Waals surface area (Å²) in [5.41, 5.74) is 2.60. The van der Waals surface area contributed by atoms with Gasteiger partial charge in [-0.1, -0.05) is 41.9 Å². The molecule has 0 saturated heterocycles. The van der Waals surface area contributed by atoms with Gasteiger partial charge in [0, 0.05) is 12.4 Å². The predicted molar refractivity (Wildman–Crippen MR) is 88.1 cm³/mol. The number of imidazole rings is 1. The van der Waals surface area contributed by atoms with Crippen LogP contribution in [0.3, 0.4) is 0 Å². The second-order valence-corrected chi connectivity index (χ2v) is 5.54. The van der Waals surface area contributed by atoms with Gasteiger partial charge < -0.3 is 14.5 Å². The Morgan fingerprint density at radius 2 is 2.00 bits per heavy atom. The maximum Gasteiger partial charge on any atom is 0.246 e. The summed E-state index contributed by atoms with van der Waals surface area (Å²) >= 11 is 5.93. The molecule has 0 radical (unpaired) electrons. The summed E-state index contributed by atoms with van der Waals surface area (Å²) in [5, 5.41) is 3.43. The average Bonchev–Trinajstić information content (AvgIpc) is 2.96. The number of carbonyl (C=O) groups is 1. The van der Waals surface area contributed by atoms with Crippen molar-refractivity contribution in [2.24, 2.45) is 0 Å². The topological polar surface area (TPSA) is 55.6 Å². The minimum atomic E-state index is -0.170. The number of hydrogen-bond acceptors (Lipinski definition) is 3. The van der Waals surface area contributed by atoms with E-state index in [4.69, 9.17) is 16.3 Å². The molecule has 0 saturated carbocycles. The fourth-order valence-corrected chi connectivity index (χ4v) is 2.35. The maximum absolute atomic E-state index is 11.8. The van der Waals surface area contributed by atoms with Crippen LogP contribution in [0.25, 0.3) is 5.65 Å². The van der Waals surface area contributed by atoms with Gasteiger partial charge in [0.05, 0.1) is 23.9 Å². The lowest BCUT2D eigenvalue weighted by Gasteiger charge is -2.05. The number of nitrogens with zero attached hydrogens (tertiary/aromatic N) is 2. The van der Waals surface area contributed by atoms with E-state index in [0.717, 1.165) is 16.9 Å². The van der Waals surface area contributed by atoms with Crippen LogP contribution in [0.1, 0.15) is 11.3 Å². The molecule has 0 aliphatic carbocycles. The highest BCUT2D eigenvalue weighted by molar-refractivity contribution is 6.30. The number of hydrogen-bond donors (Lipinski definition) is 1. The molecule has 0 unspecified atom stereocenters. The van der Waals surface area contributed by atoms with E-state index in [-0.39, 0.29) is 12.5 Å². The molecule has 1 N–H and O–H groups in total. The summed E-state index contributed by atoms with van der Waals surface area (Å²) in [6.07, 6.45) is 3.62. The van der Waals surface area contributed by atoms with Crippen molar-refractivity contribution >= 4 is 23.2 Å². The van der Waals surface area contributed by atoms with Gasteiger partial charge in [-0.05, 0) is 17.7 Å². The molecule has 0 fully saturated rings. The normalized spacial score (nSPS) is 10.8. The van der Waals surface area contributed by atoms with Crippen LogP contribution in [0.4, 0.5) is 0 Å². The van der Waals surface area contributed by atoms with E-state index in [2.05, 4.69) is 10.3 Å². The Kier molecular flexibility index (Phi) is 4.90. The van der Waals surface area contributed by atoms with Gasteiger partial charge in [0.2, 0.25) is 5.91 Å². The van der Waals surface area contributed by atoms with Crippen molar-refractivity contribution in [3.8, 4) is 0 Å². The van der Waals surface area contributed by atoms with Gasteiger partial charge in [-0.3, -0.25) is 4.79 Å². The van der Waals surface area contributed by atoms with E-state index in [0.29, 0.717) is 18.2 Å². The zero-order valence-electron chi connectivity index (χ0n) is 12.4. The maximum atomic E-state index is 11.8. The molecule has 2 aromatic heterocycles. The Bertz CT molecular complexity index is 802. The first-order valence-corrected chi connectivity index (χ1v) is 7.60. The first kappa shape index (κ1) is 15.5. The van der Waals surface area contributed by atoms with Crippen molar-refractivity contribution in [3.05, 3.63) is 71.1 Å². The van der Waals surface area contributed by atoms with E-state index >= 15 is 0 Å². The van der Waals surface area contributed by atoms with Crippen LogP contribution >= 0.6 is 11.6 Å². The minimum Gasteiger partial charge on any atom is -0.367 e. The number of benzene rings is 1. The van der Waals surface area contributed by atoms with Crippen molar-refractivity contribution in [3.63, 3.8) is 0 Å². The van der Waals surface area contributed by atoms with E-state index in [1.807, 2.05) is 47.0 Å². The largest absolute Gasteiger partial charge is 0.367 e. The first-order valence-electron chi connectivity index (χ1n) is 7.22. The lowest BCUT2D eigenvalue weighted by atomic mass is 10.2. The van der Waals surface area contributed by atoms with Gasteiger partial charge in [0.1, 0.15) is 12.3 Å². The molecule has 2 heterocycles. The Balaban J connectivity index is 1.46. The van der Waals surface area contributed by atoms with Gasteiger partial charge in [-0.2, -0.15) is 0 Å². The van der Waals surface area contributed by atoms with Crippen molar-refractivity contribution in [2.75, 3.05) is 6.61 Å². The van der Waals surface area contributed by atoms with Crippen LogP contribution in [0.15, 0.2) is 54.9 Å². The molecule has 0 spiro atoms. The molecule has 1 aromatic carbocycles. The Hall–Kier alpha value is -2.37.